The van der Waals surface area contributed by atoms with Crippen molar-refractivity contribution in [2.75, 3.05) is 6.61 Å². The van der Waals surface area contributed by atoms with Crippen LogP contribution < -0.4 is 10.2 Å². The Morgan fingerprint density at radius 1 is 1.15 bits per heavy atom. The molecule has 1 heterocycles. The smallest absolute Gasteiger partial charge is 0.487 e. The van der Waals surface area contributed by atoms with E-state index in [2.05, 4.69) is 0 Å². The van der Waals surface area contributed by atoms with Crippen molar-refractivity contribution in [3.63, 3.8) is 0 Å². The highest BCUT2D eigenvalue weighted by molar-refractivity contribution is 6.63. The first-order valence-electron chi connectivity index (χ1n) is 9.88. The van der Waals surface area contributed by atoms with Gasteiger partial charge in [-0.2, -0.15) is 0 Å². The quantitative estimate of drug-likeness (QED) is 0.439. The topological polar surface area (TPSA) is 70.8 Å². The van der Waals surface area contributed by atoms with Crippen LogP contribution in [-0.2, 0) is 9.31 Å². The van der Waals surface area contributed by atoms with E-state index in [0.29, 0.717) is 18.0 Å². The Labute approximate surface area is 161 Å². The van der Waals surface area contributed by atoms with Crippen molar-refractivity contribution < 1.29 is 19.0 Å². The van der Waals surface area contributed by atoms with Gasteiger partial charge in [0.2, 0.25) is 0 Å². The van der Waals surface area contributed by atoms with Gasteiger partial charge in [0.15, 0.2) is 5.75 Å². The SMILES string of the molecule is Cc1cc(B2OC(C)(C)C(C)(C)O2)c(OCC2CCCCC2)c([N+](=O)[O-])c1. The van der Waals surface area contributed by atoms with Crippen molar-refractivity contribution >= 4 is 18.3 Å². The molecule has 0 unspecified atom stereocenters. The molecule has 2 aliphatic rings. The number of aryl methyl sites for hydroxylation is 1. The van der Waals surface area contributed by atoms with Crippen LogP contribution in [0.4, 0.5) is 5.69 Å². The van der Waals surface area contributed by atoms with Gasteiger partial charge >= 0.3 is 12.8 Å². The molecule has 148 valence electrons. The number of hydrogen-bond donors (Lipinski definition) is 0. The summed E-state index contributed by atoms with van der Waals surface area (Å²) >= 11 is 0. The molecule has 7 heteroatoms. The predicted octanol–water partition coefficient (Wildman–Crippen LogP) is 4.16. The van der Waals surface area contributed by atoms with Gasteiger partial charge < -0.3 is 14.0 Å². The van der Waals surface area contributed by atoms with Crippen LogP contribution in [0.2, 0.25) is 0 Å². The zero-order chi connectivity index (χ0) is 19.8. The second-order valence-electron chi connectivity index (χ2n) is 8.86. The standard InChI is InChI=1S/C20H30BNO5/c1-14-11-16(21-26-19(2,3)20(4,5)27-21)18(17(12-14)22(23)24)25-13-15-9-7-6-8-10-15/h11-12,15H,6-10,13H2,1-5H3. The van der Waals surface area contributed by atoms with Gasteiger partial charge in [-0.05, 0) is 58.9 Å². The van der Waals surface area contributed by atoms with E-state index in [0.717, 1.165) is 18.4 Å². The summed E-state index contributed by atoms with van der Waals surface area (Å²) in [6.07, 6.45) is 5.90. The van der Waals surface area contributed by atoms with E-state index < -0.39 is 18.3 Å². The molecular formula is C20H30BNO5. The molecule has 3 rings (SSSR count). The fraction of sp³-hybridized carbons (Fsp3) is 0.700. The van der Waals surface area contributed by atoms with Gasteiger partial charge in [-0.25, -0.2) is 0 Å². The number of nitro groups is 1. The summed E-state index contributed by atoms with van der Waals surface area (Å²) in [5, 5.41) is 11.7. The molecule has 1 aromatic rings. The molecule has 0 atom stereocenters. The fourth-order valence-corrected chi connectivity index (χ4v) is 3.77. The summed E-state index contributed by atoms with van der Waals surface area (Å²) in [7, 11) is -0.685. The molecule has 0 N–H and O–H groups in total. The summed E-state index contributed by atoms with van der Waals surface area (Å²) in [5.74, 6) is 0.737. The van der Waals surface area contributed by atoms with Crippen molar-refractivity contribution in [2.24, 2.45) is 5.92 Å². The van der Waals surface area contributed by atoms with E-state index >= 15 is 0 Å². The maximum Gasteiger partial charge on any atom is 0.498 e. The second-order valence-corrected chi connectivity index (χ2v) is 8.86. The average molecular weight is 375 g/mol. The lowest BCUT2D eigenvalue weighted by atomic mass is 9.77. The van der Waals surface area contributed by atoms with Gasteiger partial charge in [0.05, 0.1) is 22.7 Å². The third kappa shape index (κ3) is 4.14. The van der Waals surface area contributed by atoms with Gasteiger partial charge in [-0.1, -0.05) is 25.3 Å². The number of nitro benzene ring substituents is 1. The van der Waals surface area contributed by atoms with Crippen molar-refractivity contribution in [2.45, 2.75) is 77.9 Å². The van der Waals surface area contributed by atoms with E-state index in [1.807, 2.05) is 40.7 Å². The molecule has 1 aliphatic carbocycles. The minimum atomic E-state index is -0.685. The second kappa shape index (κ2) is 7.43. The predicted molar refractivity (Wildman–Crippen MR) is 106 cm³/mol. The Hall–Kier alpha value is -1.60. The van der Waals surface area contributed by atoms with Crippen molar-refractivity contribution in [1.82, 2.24) is 0 Å². The number of benzene rings is 1. The lowest BCUT2D eigenvalue weighted by molar-refractivity contribution is -0.385. The van der Waals surface area contributed by atoms with Crippen molar-refractivity contribution in [3.8, 4) is 5.75 Å². The summed E-state index contributed by atoms with van der Waals surface area (Å²) in [6.45, 7) is 10.2. The van der Waals surface area contributed by atoms with Crippen LogP contribution in [0.15, 0.2) is 12.1 Å². The first-order chi connectivity index (χ1) is 12.6. The van der Waals surface area contributed by atoms with Gasteiger partial charge in [-0.3, -0.25) is 10.1 Å². The highest BCUT2D eigenvalue weighted by Crippen LogP contribution is 2.39. The number of ether oxygens (including phenoxy) is 1. The fourth-order valence-electron chi connectivity index (χ4n) is 3.77. The monoisotopic (exact) mass is 375 g/mol. The maximum absolute atomic E-state index is 11.7. The first kappa shape index (κ1) is 20.1. The molecule has 2 fully saturated rings. The number of rotatable bonds is 5. The van der Waals surface area contributed by atoms with Crippen LogP contribution in [0, 0.1) is 23.0 Å². The van der Waals surface area contributed by atoms with E-state index in [-0.39, 0.29) is 16.4 Å². The molecule has 1 saturated carbocycles. The normalized spacial score (nSPS) is 22.0. The van der Waals surface area contributed by atoms with Crippen LogP contribution in [0.5, 0.6) is 5.75 Å². The van der Waals surface area contributed by atoms with Crippen LogP contribution in [0.25, 0.3) is 0 Å². The van der Waals surface area contributed by atoms with E-state index in [1.54, 1.807) is 6.07 Å². The molecule has 0 amide bonds. The van der Waals surface area contributed by atoms with Crippen molar-refractivity contribution in [1.29, 1.82) is 0 Å². The highest BCUT2D eigenvalue weighted by atomic mass is 16.7. The number of hydrogen-bond acceptors (Lipinski definition) is 5. The minimum Gasteiger partial charge on any atom is -0.487 e. The molecule has 6 nitrogen and oxygen atoms in total. The lowest BCUT2D eigenvalue weighted by Crippen LogP contribution is -2.41. The average Bonchev–Trinajstić information content (AvgIpc) is 2.81. The van der Waals surface area contributed by atoms with Gasteiger partial charge in [0, 0.05) is 11.5 Å². The molecule has 1 saturated heterocycles. The molecule has 0 bridgehead atoms. The van der Waals surface area contributed by atoms with Gasteiger partial charge in [-0.15, -0.1) is 0 Å². The summed E-state index contributed by atoms with van der Waals surface area (Å²) in [5.41, 5.74) is 0.344. The maximum atomic E-state index is 11.7. The van der Waals surface area contributed by atoms with Gasteiger partial charge in [0.25, 0.3) is 0 Å². The Kier molecular flexibility index (Phi) is 5.55. The lowest BCUT2D eigenvalue weighted by Gasteiger charge is -2.32. The summed E-state index contributed by atoms with van der Waals surface area (Å²) in [4.78, 5) is 11.3. The van der Waals surface area contributed by atoms with Crippen LogP contribution in [0.3, 0.4) is 0 Å². The van der Waals surface area contributed by atoms with Crippen molar-refractivity contribution in [3.05, 3.63) is 27.8 Å². The van der Waals surface area contributed by atoms with Gasteiger partial charge in [0.1, 0.15) is 0 Å². The zero-order valence-electron chi connectivity index (χ0n) is 17.0. The molecule has 0 aromatic heterocycles. The van der Waals surface area contributed by atoms with E-state index in [4.69, 9.17) is 14.0 Å². The van der Waals surface area contributed by atoms with E-state index in [9.17, 15) is 10.1 Å². The third-order valence-electron chi connectivity index (χ3n) is 6.13. The third-order valence-corrected chi connectivity index (χ3v) is 6.13. The summed E-state index contributed by atoms with van der Waals surface area (Å²) in [6, 6.07) is 3.44. The largest absolute Gasteiger partial charge is 0.498 e. The molecule has 1 aliphatic heterocycles. The molecule has 0 spiro atoms. The highest BCUT2D eigenvalue weighted by Gasteiger charge is 2.53. The molecule has 0 radical (unpaired) electrons. The molecule has 27 heavy (non-hydrogen) atoms. The Morgan fingerprint density at radius 3 is 2.30 bits per heavy atom. The number of nitrogens with zero attached hydrogens (tertiary/aromatic N) is 1. The Morgan fingerprint density at radius 2 is 1.74 bits per heavy atom. The van der Waals surface area contributed by atoms with Crippen LogP contribution >= 0.6 is 0 Å². The Bertz CT molecular complexity index is 697. The first-order valence-corrected chi connectivity index (χ1v) is 9.88. The van der Waals surface area contributed by atoms with Crippen LogP contribution in [0.1, 0.15) is 65.4 Å². The molecular weight excluding hydrogens is 345 g/mol. The Balaban J connectivity index is 1.93. The zero-order valence-corrected chi connectivity index (χ0v) is 17.0. The minimum absolute atomic E-state index is 0.0180. The summed E-state index contributed by atoms with van der Waals surface area (Å²) < 4.78 is 18.4. The molecule has 1 aromatic carbocycles. The van der Waals surface area contributed by atoms with E-state index in [1.165, 1.54) is 19.3 Å². The van der Waals surface area contributed by atoms with Crippen LogP contribution in [-0.4, -0.2) is 29.9 Å².